The summed E-state index contributed by atoms with van der Waals surface area (Å²) in [4.78, 5) is 26.8. The normalized spacial score (nSPS) is 23.0. The van der Waals surface area contributed by atoms with Crippen LogP contribution in [0.25, 0.3) is 5.57 Å². The zero-order chi connectivity index (χ0) is 20.8. The van der Waals surface area contributed by atoms with Crippen LogP contribution in [0.5, 0.6) is 0 Å². The highest BCUT2D eigenvalue weighted by Gasteiger charge is 2.36. The fourth-order valence-corrected chi connectivity index (χ4v) is 4.82. The summed E-state index contributed by atoms with van der Waals surface area (Å²) in [6, 6.07) is 5.97. The van der Waals surface area contributed by atoms with Gasteiger partial charge in [-0.3, -0.25) is 4.79 Å². The standard InChI is InChI=1S/C24H31NO4/c1-15-6-5-7-18-20(26)12-17-13-21(28-14-19(17)22(15)18)16-8-10-25(11-9-16)23(27)29-24(2,3)4/h5-7,16,21H,8-14H2,1-4H3. The molecule has 1 atom stereocenters. The van der Waals surface area contributed by atoms with Crippen molar-refractivity contribution < 1.29 is 19.1 Å². The van der Waals surface area contributed by atoms with Gasteiger partial charge in [0.2, 0.25) is 0 Å². The Labute approximate surface area is 173 Å². The largest absolute Gasteiger partial charge is 0.444 e. The second-order valence-corrected chi connectivity index (χ2v) is 9.54. The second-order valence-electron chi connectivity index (χ2n) is 9.54. The number of rotatable bonds is 1. The van der Waals surface area contributed by atoms with Crippen LogP contribution in [0.2, 0.25) is 0 Å². The molecular formula is C24H31NO4. The minimum absolute atomic E-state index is 0.132. The highest BCUT2D eigenvalue weighted by atomic mass is 16.6. The molecule has 2 heterocycles. The predicted octanol–water partition coefficient (Wildman–Crippen LogP) is 4.77. The van der Waals surface area contributed by atoms with E-state index in [9.17, 15) is 9.59 Å². The fourth-order valence-electron chi connectivity index (χ4n) is 4.82. The Bertz CT molecular complexity index is 856. The monoisotopic (exact) mass is 397 g/mol. The molecule has 1 unspecified atom stereocenters. The van der Waals surface area contributed by atoms with E-state index < -0.39 is 5.60 Å². The third-order valence-electron chi connectivity index (χ3n) is 6.28. The molecule has 5 nitrogen and oxygen atoms in total. The van der Waals surface area contributed by atoms with Crippen LogP contribution in [0.4, 0.5) is 4.79 Å². The molecule has 1 aromatic rings. The highest BCUT2D eigenvalue weighted by Crippen LogP contribution is 2.41. The molecule has 0 bridgehead atoms. The number of hydrogen-bond donors (Lipinski definition) is 0. The number of ketones is 1. The zero-order valence-corrected chi connectivity index (χ0v) is 17.9. The Morgan fingerprint density at radius 1 is 1.21 bits per heavy atom. The summed E-state index contributed by atoms with van der Waals surface area (Å²) in [6.45, 7) is 9.73. The SMILES string of the molecule is Cc1cccc2c1C1=C(CC2=O)CC(C2CCN(C(=O)OC(C)(C)C)CC2)OC1. The van der Waals surface area contributed by atoms with Gasteiger partial charge in [0.05, 0.1) is 12.7 Å². The van der Waals surface area contributed by atoms with Gasteiger partial charge in [0.1, 0.15) is 5.60 Å². The number of nitrogens with zero attached hydrogens (tertiary/aromatic N) is 1. The van der Waals surface area contributed by atoms with Gasteiger partial charge in [0, 0.05) is 25.1 Å². The van der Waals surface area contributed by atoms with E-state index in [1.165, 1.54) is 11.1 Å². The van der Waals surface area contributed by atoms with Crippen LogP contribution in [0, 0.1) is 12.8 Å². The first kappa shape index (κ1) is 20.1. The average Bonchev–Trinajstić information content (AvgIpc) is 2.67. The number of carbonyl (C=O) groups is 2. The summed E-state index contributed by atoms with van der Waals surface area (Å²) in [6.07, 6.45) is 3.07. The summed E-state index contributed by atoms with van der Waals surface area (Å²) in [5.41, 5.74) is 5.09. The van der Waals surface area contributed by atoms with E-state index in [1.807, 2.05) is 32.9 Å². The van der Waals surface area contributed by atoms with Crippen LogP contribution in [0.3, 0.4) is 0 Å². The minimum atomic E-state index is -0.467. The van der Waals surface area contributed by atoms with Gasteiger partial charge in [0.25, 0.3) is 0 Å². The van der Waals surface area contributed by atoms with E-state index in [2.05, 4.69) is 13.0 Å². The number of hydrogen-bond acceptors (Lipinski definition) is 4. The van der Waals surface area contributed by atoms with Gasteiger partial charge in [-0.1, -0.05) is 23.8 Å². The minimum Gasteiger partial charge on any atom is -0.444 e. The molecule has 5 heteroatoms. The first-order valence-corrected chi connectivity index (χ1v) is 10.7. The van der Waals surface area contributed by atoms with E-state index in [4.69, 9.17) is 9.47 Å². The van der Waals surface area contributed by atoms with Crippen LogP contribution in [-0.2, 0) is 9.47 Å². The number of Topliss-reactive ketones (excluding diaryl/α,β-unsaturated/α-hetero) is 1. The highest BCUT2D eigenvalue weighted by molar-refractivity contribution is 6.06. The molecule has 0 N–H and O–H groups in total. The van der Waals surface area contributed by atoms with E-state index in [0.29, 0.717) is 32.0 Å². The maximum absolute atomic E-state index is 12.7. The summed E-state index contributed by atoms with van der Waals surface area (Å²) < 4.78 is 11.8. The van der Waals surface area contributed by atoms with Gasteiger partial charge >= 0.3 is 6.09 Å². The average molecular weight is 398 g/mol. The van der Waals surface area contributed by atoms with Crippen molar-refractivity contribution in [2.45, 2.75) is 65.1 Å². The van der Waals surface area contributed by atoms with Crippen LogP contribution < -0.4 is 0 Å². The van der Waals surface area contributed by atoms with Crippen LogP contribution in [0.15, 0.2) is 23.8 Å². The maximum atomic E-state index is 12.7. The van der Waals surface area contributed by atoms with E-state index in [0.717, 1.165) is 36.0 Å². The number of likely N-dealkylation sites (tertiary alicyclic amines) is 1. The Morgan fingerprint density at radius 3 is 2.62 bits per heavy atom. The van der Waals surface area contributed by atoms with Crippen molar-refractivity contribution in [1.29, 1.82) is 0 Å². The van der Waals surface area contributed by atoms with Gasteiger partial charge in [-0.05, 0) is 69.6 Å². The molecule has 1 aliphatic carbocycles. The number of benzene rings is 1. The molecule has 156 valence electrons. The second kappa shape index (κ2) is 7.60. The quantitative estimate of drug-likeness (QED) is 0.685. The zero-order valence-electron chi connectivity index (χ0n) is 17.9. The van der Waals surface area contributed by atoms with Crippen LogP contribution >= 0.6 is 0 Å². The van der Waals surface area contributed by atoms with Crippen LogP contribution in [-0.4, -0.2) is 48.2 Å². The van der Waals surface area contributed by atoms with Gasteiger partial charge < -0.3 is 14.4 Å². The first-order valence-electron chi connectivity index (χ1n) is 10.7. The van der Waals surface area contributed by atoms with Gasteiger partial charge in [-0.25, -0.2) is 4.79 Å². The molecule has 3 aliphatic rings. The third-order valence-corrected chi connectivity index (χ3v) is 6.28. The Kier molecular flexibility index (Phi) is 5.28. The van der Waals surface area contributed by atoms with Crippen molar-refractivity contribution in [3.63, 3.8) is 0 Å². The molecule has 2 aliphatic heterocycles. The first-order chi connectivity index (χ1) is 13.7. The maximum Gasteiger partial charge on any atom is 0.410 e. The lowest BCUT2D eigenvalue weighted by molar-refractivity contribution is -0.0124. The van der Waals surface area contributed by atoms with Crippen molar-refractivity contribution in [2.24, 2.45) is 5.92 Å². The lowest BCUT2D eigenvalue weighted by Crippen LogP contribution is -2.44. The van der Waals surface area contributed by atoms with Gasteiger partial charge in [-0.2, -0.15) is 0 Å². The predicted molar refractivity (Wildman–Crippen MR) is 112 cm³/mol. The fraction of sp³-hybridized carbons (Fsp3) is 0.583. The van der Waals surface area contributed by atoms with Crippen molar-refractivity contribution in [3.05, 3.63) is 40.5 Å². The lowest BCUT2D eigenvalue weighted by atomic mass is 9.77. The summed E-state index contributed by atoms with van der Waals surface area (Å²) >= 11 is 0. The molecule has 1 fully saturated rings. The number of piperidine rings is 1. The molecule has 4 rings (SSSR count). The van der Waals surface area contributed by atoms with Crippen molar-refractivity contribution in [1.82, 2.24) is 4.90 Å². The topological polar surface area (TPSA) is 55.8 Å². The summed E-state index contributed by atoms with van der Waals surface area (Å²) in [7, 11) is 0. The number of fused-ring (bicyclic) bond motifs is 2. The third kappa shape index (κ3) is 4.11. The van der Waals surface area contributed by atoms with Gasteiger partial charge in [0.15, 0.2) is 5.78 Å². The number of aryl methyl sites for hydroxylation is 1. The summed E-state index contributed by atoms with van der Waals surface area (Å²) in [5.74, 6) is 0.638. The van der Waals surface area contributed by atoms with Crippen molar-refractivity contribution in [2.75, 3.05) is 19.7 Å². The molecule has 29 heavy (non-hydrogen) atoms. The molecule has 1 saturated heterocycles. The molecular weight excluding hydrogens is 366 g/mol. The van der Waals surface area contributed by atoms with Crippen molar-refractivity contribution >= 4 is 17.4 Å². The van der Waals surface area contributed by atoms with E-state index in [-0.39, 0.29) is 18.0 Å². The molecule has 1 aromatic carbocycles. The van der Waals surface area contributed by atoms with E-state index in [1.54, 1.807) is 4.90 Å². The Morgan fingerprint density at radius 2 is 1.93 bits per heavy atom. The van der Waals surface area contributed by atoms with Crippen molar-refractivity contribution in [3.8, 4) is 0 Å². The molecule has 0 spiro atoms. The summed E-state index contributed by atoms with van der Waals surface area (Å²) in [5, 5.41) is 0. The van der Waals surface area contributed by atoms with Gasteiger partial charge in [-0.15, -0.1) is 0 Å². The lowest BCUT2D eigenvalue weighted by Gasteiger charge is -2.40. The Hall–Kier alpha value is -2.14. The number of amides is 1. The van der Waals surface area contributed by atoms with Crippen LogP contribution in [0.1, 0.15) is 67.9 Å². The van der Waals surface area contributed by atoms with E-state index >= 15 is 0 Å². The molecule has 1 amide bonds. The smallest absolute Gasteiger partial charge is 0.410 e. The number of ether oxygens (including phenoxy) is 2. The molecule has 0 radical (unpaired) electrons. The molecule has 0 aromatic heterocycles. The molecule has 0 saturated carbocycles. The Balaban J connectivity index is 1.42. The number of carbonyl (C=O) groups excluding carboxylic acids is 2.